The van der Waals surface area contributed by atoms with Gasteiger partial charge in [0, 0.05) is 0 Å². The normalized spacial score (nSPS) is 15.6. The minimum Gasteiger partial charge on any atom is -0.375 e. The molecular weight excluding hydrogens is 227 g/mol. The van der Waals surface area contributed by atoms with Crippen LogP contribution in [-0.2, 0) is 4.74 Å². The molecule has 86 valence electrons. The smallest absolute Gasteiger partial charge is 0.375 e. The van der Waals surface area contributed by atoms with Gasteiger partial charge in [0.2, 0.25) is 0 Å². The quantitative estimate of drug-likeness (QED) is 0.572. The summed E-state index contributed by atoms with van der Waals surface area (Å²) in [6.07, 6.45) is -5.54. The Kier molecular flexibility index (Phi) is 5.14. The number of alkyl halides is 5. The molecule has 0 amide bonds. The van der Waals surface area contributed by atoms with E-state index in [9.17, 15) is 22.0 Å². The third kappa shape index (κ3) is 4.45. The standard InChI is InChI=1S/C7H11F5OS/c1-5(3-14)2-13-4-6(8,9)7(10,11)12/h5,14H,2-4H2,1H3. The maximum atomic E-state index is 12.2. The molecule has 0 fully saturated rings. The van der Waals surface area contributed by atoms with Crippen molar-refractivity contribution in [1.82, 2.24) is 0 Å². The largest absolute Gasteiger partial charge is 0.455 e. The van der Waals surface area contributed by atoms with Crippen molar-refractivity contribution in [3.63, 3.8) is 0 Å². The molecular formula is C7H11F5OS. The van der Waals surface area contributed by atoms with E-state index in [1.54, 1.807) is 6.92 Å². The van der Waals surface area contributed by atoms with Crippen LogP contribution in [0.15, 0.2) is 0 Å². The molecule has 0 aromatic rings. The fourth-order valence-electron chi connectivity index (χ4n) is 0.523. The maximum Gasteiger partial charge on any atom is 0.455 e. The van der Waals surface area contributed by atoms with Gasteiger partial charge in [-0.2, -0.15) is 34.6 Å². The lowest BCUT2D eigenvalue weighted by atomic mass is 10.2. The van der Waals surface area contributed by atoms with Gasteiger partial charge in [0.1, 0.15) is 6.61 Å². The van der Waals surface area contributed by atoms with Crippen molar-refractivity contribution in [2.24, 2.45) is 5.92 Å². The van der Waals surface area contributed by atoms with E-state index in [0.29, 0.717) is 5.75 Å². The van der Waals surface area contributed by atoms with Crippen molar-refractivity contribution >= 4 is 12.6 Å². The molecule has 0 N–H and O–H groups in total. The zero-order valence-corrected chi connectivity index (χ0v) is 8.34. The van der Waals surface area contributed by atoms with Gasteiger partial charge in [0.05, 0.1) is 6.61 Å². The first-order valence-corrected chi connectivity index (χ1v) is 4.47. The average Bonchev–Trinajstić information content (AvgIpc) is 2.01. The van der Waals surface area contributed by atoms with Crippen LogP contribution in [0, 0.1) is 5.92 Å². The Morgan fingerprint density at radius 3 is 2.07 bits per heavy atom. The van der Waals surface area contributed by atoms with Gasteiger partial charge in [-0.05, 0) is 11.7 Å². The highest BCUT2D eigenvalue weighted by Gasteiger charge is 2.57. The zero-order chi connectivity index (χ0) is 11.4. The van der Waals surface area contributed by atoms with Crippen LogP contribution in [0.1, 0.15) is 6.92 Å². The Morgan fingerprint density at radius 1 is 1.21 bits per heavy atom. The highest BCUT2D eigenvalue weighted by Crippen LogP contribution is 2.35. The van der Waals surface area contributed by atoms with Gasteiger partial charge in [-0.15, -0.1) is 0 Å². The summed E-state index contributed by atoms with van der Waals surface area (Å²) in [4.78, 5) is 0. The molecule has 0 saturated heterocycles. The summed E-state index contributed by atoms with van der Waals surface area (Å²) in [5, 5.41) is 0. The van der Waals surface area contributed by atoms with Crippen LogP contribution in [0.3, 0.4) is 0 Å². The van der Waals surface area contributed by atoms with Crippen molar-refractivity contribution in [2.45, 2.75) is 19.0 Å². The second kappa shape index (κ2) is 5.16. The second-order valence-corrected chi connectivity index (χ2v) is 3.37. The van der Waals surface area contributed by atoms with E-state index in [-0.39, 0.29) is 12.5 Å². The highest BCUT2D eigenvalue weighted by molar-refractivity contribution is 7.80. The van der Waals surface area contributed by atoms with Crippen LogP contribution < -0.4 is 0 Å². The number of hydrogen-bond acceptors (Lipinski definition) is 2. The summed E-state index contributed by atoms with van der Waals surface area (Å²) >= 11 is 3.83. The molecule has 0 saturated carbocycles. The number of thiol groups is 1. The first-order valence-electron chi connectivity index (χ1n) is 3.84. The van der Waals surface area contributed by atoms with E-state index in [2.05, 4.69) is 17.4 Å². The fraction of sp³-hybridized carbons (Fsp3) is 1.00. The molecule has 0 aliphatic rings. The van der Waals surface area contributed by atoms with Crippen LogP contribution in [-0.4, -0.2) is 31.1 Å². The molecule has 1 atom stereocenters. The van der Waals surface area contributed by atoms with Gasteiger partial charge in [-0.3, -0.25) is 0 Å². The van der Waals surface area contributed by atoms with Crippen molar-refractivity contribution in [3.8, 4) is 0 Å². The molecule has 0 aliphatic carbocycles. The average molecular weight is 238 g/mol. The fourth-order valence-corrected chi connectivity index (χ4v) is 0.628. The predicted molar refractivity (Wildman–Crippen MR) is 44.8 cm³/mol. The molecule has 0 aromatic heterocycles. The van der Waals surface area contributed by atoms with Gasteiger partial charge in [-0.1, -0.05) is 6.92 Å². The Morgan fingerprint density at radius 2 is 1.71 bits per heavy atom. The van der Waals surface area contributed by atoms with Gasteiger partial charge in [-0.25, -0.2) is 0 Å². The molecule has 0 heterocycles. The van der Waals surface area contributed by atoms with Crippen LogP contribution in [0.2, 0.25) is 0 Å². The van der Waals surface area contributed by atoms with Crippen LogP contribution in [0.25, 0.3) is 0 Å². The third-order valence-corrected chi connectivity index (χ3v) is 2.04. The zero-order valence-electron chi connectivity index (χ0n) is 7.44. The van der Waals surface area contributed by atoms with Crippen molar-refractivity contribution in [2.75, 3.05) is 19.0 Å². The van der Waals surface area contributed by atoms with Gasteiger partial charge in [0.15, 0.2) is 0 Å². The monoisotopic (exact) mass is 238 g/mol. The van der Waals surface area contributed by atoms with Crippen molar-refractivity contribution < 1.29 is 26.7 Å². The lowest BCUT2D eigenvalue weighted by Crippen LogP contribution is -2.41. The number of rotatable bonds is 5. The molecule has 0 aromatic carbocycles. The predicted octanol–water partition coefficient (Wildman–Crippen LogP) is 2.77. The van der Waals surface area contributed by atoms with Gasteiger partial charge in [0.25, 0.3) is 0 Å². The third-order valence-electron chi connectivity index (χ3n) is 1.41. The molecule has 0 spiro atoms. The first kappa shape index (κ1) is 14.0. The SMILES string of the molecule is CC(CS)COCC(F)(F)C(F)(F)F. The second-order valence-electron chi connectivity index (χ2n) is 3.01. The van der Waals surface area contributed by atoms with Crippen molar-refractivity contribution in [3.05, 3.63) is 0 Å². The number of ether oxygens (including phenoxy) is 1. The van der Waals surface area contributed by atoms with E-state index in [4.69, 9.17) is 0 Å². The summed E-state index contributed by atoms with van der Waals surface area (Å²) in [6.45, 7) is -0.150. The minimum absolute atomic E-state index is 0.151. The Labute approximate surface area is 84.0 Å². The van der Waals surface area contributed by atoms with E-state index in [1.165, 1.54) is 0 Å². The molecule has 0 bridgehead atoms. The summed E-state index contributed by atoms with van der Waals surface area (Å²) in [5.74, 6) is -4.55. The lowest BCUT2D eigenvalue weighted by Gasteiger charge is -2.20. The van der Waals surface area contributed by atoms with Crippen LogP contribution in [0.5, 0.6) is 0 Å². The van der Waals surface area contributed by atoms with E-state index in [0.717, 1.165) is 0 Å². The topological polar surface area (TPSA) is 9.23 Å². The minimum atomic E-state index is -5.54. The Hall–Kier alpha value is -0.0400. The van der Waals surface area contributed by atoms with E-state index < -0.39 is 18.7 Å². The van der Waals surface area contributed by atoms with Gasteiger partial charge < -0.3 is 4.74 Å². The first-order chi connectivity index (χ1) is 6.20. The number of hydrogen-bond donors (Lipinski definition) is 1. The molecule has 0 radical (unpaired) electrons. The molecule has 7 heteroatoms. The highest BCUT2D eigenvalue weighted by atomic mass is 32.1. The lowest BCUT2D eigenvalue weighted by molar-refractivity contribution is -0.297. The summed E-state index contributed by atoms with van der Waals surface area (Å²) < 4.78 is 63.5. The summed E-state index contributed by atoms with van der Waals surface area (Å²) in [7, 11) is 0. The molecule has 0 aliphatic heterocycles. The maximum absolute atomic E-state index is 12.2. The molecule has 1 nitrogen and oxygen atoms in total. The molecule has 0 rings (SSSR count). The van der Waals surface area contributed by atoms with E-state index in [1.807, 2.05) is 0 Å². The summed E-state index contributed by atoms with van der Waals surface area (Å²) in [6, 6.07) is 0. The van der Waals surface area contributed by atoms with Crippen molar-refractivity contribution in [1.29, 1.82) is 0 Å². The van der Waals surface area contributed by atoms with Gasteiger partial charge >= 0.3 is 12.1 Å². The molecule has 1 unspecified atom stereocenters. The van der Waals surface area contributed by atoms with E-state index >= 15 is 0 Å². The Bertz CT molecular complexity index is 170. The molecule has 14 heavy (non-hydrogen) atoms. The Balaban J connectivity index is 3.89. The summed E-state index contributed by atoms with van der Waals surface area (Å²) in [5.41, 5.74) is 0. The number of halogens is 5. The van der Waals surface area contributed by atoms with Crippen LogP contribution >= 0.6 is 12.6 Å². The van der Waals surface area contributed by atoms with Crippen LogP contribution in [0.4, 0.5) is 22.0 Å².